The predicted octanol–water partition coefficient (Wildman–Crippen LogP) is 2.56. The van der Waals surface area contributed by atoms with Crippen molar-refractivity contribution < 1.29 is 23.9 Å². The zero-order valence-electron chi connectivity index (χ0n) is 18.0. The molecule has 1 fully saturated rings. The van der Waals surface area contributed by atoms with Crippen LogP contribution >= 0.6 is 0 Å². The summed E-state index contributed by atoms with van der Waals surface area (Å²) in [6, 6.07) is 16.1. The van der Waals surface area contributed by atoms with E-state index < -0.39 is 5.91 Å². The molecule has 1 aliphatic rings. The highest BCUT2D eigenvalue weighted by atomic mass is 16.5. The number of likely N-dealkylation sites (tertiary alicyclic amines) is 1. The molecule has 3 N–H and O–H groups in total. The summed E-state index contributed by atoms with van der Waals surface area (Å²) in [5.41, 5.74) is 5.54. The second-order valence-electron chi connectivity index (χ2n) is 7.26. The number of para-hydroxylation sites is 3. The molecular formula is C23H28N4O5. The number of hydrogen-bond acceptors (Lipinski definition) is 5. The Morgan fingerprint density at radius 1 is 0.906 bits per heavy atom. The largest absolute Gasteiger partial charge is 0.490 e. The van der Waals surface area contributed by atoms with Crippen LogP contribution in [0.4, 0.5) is 10.5 Å². The Kier molecular flexibility index (Phi) is 8.30. The molecule has 0 bridgehead atoms. The summed E-state index contributed by atoms with van der Waals surface area (Å²) < 4.78 is 10.9. The van der Waals surface area contributed by atoms with E-state index in [4.69, 9.17) is 9.47 Å². The Hall–Kier alpha value is -3.75. The summed E-state index contributed by atoms with van der Waals surface area (Å²) in [6.45, 7) is 3.00. The van der Waals surface area contributed by atoms with Crippen LogP contribution in [0.25, 0.3) is 0 Å². The van der Waals surface area contributed by atoms with Crippen molar-refractivity contribution in [3.8, 4) is 11.5 Å². The van der Waals surface area contributed by atoms with Gasteiger partial charge in [-0.1, -0.05) is 30.3 Å². The molecule has 0 aliphatic carbocycles. The monoisotopic (exact) mass is 440 g/mol. The number of urea groups is 1. The minimum absolute atomic E-state index is 0.187. The standard InChI is InChI=1S/C23H28N4O5/c1-2-31-19-10-6-7-11-20(19)32-16-21(28)25-26-22(29)17-12-14-27(15-13-17)23(30)24-18-8-4-3-5-9-18/h3-11,17H,2,12-16H2,1H3,(H,24,30)(H,25,28)(H,26,29). The van der Waals surface area contributed by atoms with Gasteiger partial charge in [0.05, 0.1) is 6.61 Å². The van der Waals surface area contributed by atoms with Gasteiger partial charge in [-0.15, -0.1) is 0 Å². The number of carbonyl (C=O) groups is 3. The Balaban J connectivity index is 1.37. The van der Waals surface area contributed by atoms with Crippen molar-refractivity contribution in [3.05, 3.63) is 54.6 Å². The third-order valence-electron chi connectivity index (χ3n) is 5.01. The third kappa shape index (κ3) is 6.63. The van der Waals surface area contributed by atoms with Gasteiger partial charge in [0.1, 0.15) is 0 Å². The quantitative estimate of drug-likeness (QED) is 0.574. The number of nitrogens with one attached hydrogen (secondary N) is 3. The number of carbonyl (C=O) groups excluding carboxylic acids is 3. The van der Waals surface area contributed by atoms with Crippen molar-refractivity contribution in [1.82, 2.24) is 15.8 Å². The number of benzene rings is 2. The van der Waals surface area contributed by atoms with Gasteiger partial charge in [0.15, 0.2) is 18.1 Å². The first-order chi connectivity index (χ1) is 15.6. The van der Waals surface area contributed by atoms with Crippen molar-refractivity contribution in [2.45, 2.75) is 19.8 Å². The highest BCUT2D eigenvalue weighted by Crippen LogP contribution is 2.26. The molecule has 1 aliphatic heterocycles. The van der Waals surface area contributed by atoms with Gasteiger partial charge in [-0.3, -0.25) is 20.4 Å². The molecule has 0 unspecified atom stereocenters. The van der Waals surface area contributed by atoms with Crippen LogP contribution in [-0.2, 0) is 9.59 Å². The Bertz CT molecular complexity index is 914. The van der Waals surface area contributed by atoms with Crippen LogP contribution in [0.1, 0.15) is 19.8 Å². The lowest BCUT2D eigenvalue weighted by molar-refractivity contribution is -0.132. The highest BCUT2D eigenvalue weighted by Gasteiger charge is 2.27. The molecule has 3 rings (SSSR count). The molecule has 9 heteroatoms. The number of piperidine rings is 1. The maximum absolute atomic E-state index is 12.4. The first kappa shape index (κ1) is 22.9. The second kappa shape index (κ2) is 11.6. The smallest absolute Gasteiger partial charge is 0.321 e. The van der Waals surface area contributed by atoms with Gasteiger partial charge < -0.3 is 19.7 Å². The topological polar surface area (TPSA) is 109 Å². The third-order valence-corrected chi connectivity index (χ3v) is 5.01. The molecule has 32 heavy (non-hydrogen) atoms. The molecule has 0 saturated carbocycles. The molecule has 2 aromatic carbocycles. The van der Waals surface area contributed by atoms with Crippen molar-refractivity contribution in [2.75, 3.05) is 31.6 Å². The normalized spacial score (nSPS) is 13.7. The summed E-state index contributed by atoms with van der Waals surface area (Å²) in [4.78, 5) is 38.4. The fraction of sp³-hybridized carbons (Fsp3) is 0.348. The first-order valence-electron chi connectivity index (χ1n) is 10.6. The number of ether oxygens (including phenoxy) is 2. The molecule has 1 heterocycles. The lowest BCUT2D eigenvalue weighted by atomic mass is 9.96. The molecule has 9 nitrogen and oxygen atoms in total. The van der Waals surface area contributed by atoms with Crippen molar-refractivity contribution in [1.29, 1.82) is 0 Å². The fourth-order valence-electron chi connectivity index (χ4n) is 3.33. The lowest BCUT2D eigenvalue weighted by Gasteiger charge is -2.31. The van der Waals surface area contributed by atoms with Crippen molar-refractivity contribution >= 4 is 23.5 Å². The summed E-state index contributed by atoms with van der Waals surface area (Å²) in [7, 11) is 0. The molecule has 0 radical (unpaired) electrons. The van der Waals surface area contributed by atoms with Gasteiger partial charge >= 0.3 is 6.03 Å². The number of amides is 4. The van der Waals surface area contributed by atoms with E-state index in [2.05, 4.69) is 16.2 Å². The number of rotatable bonds is 7. The number of hydrogen-bond donors (Lipinski definition) is 3. The molecule has 2 aromatic rings. The van der Waals surface area contributed by atoms with E-state index in [1.165, 1.54) is 0 Å². The van der Waals surface area contributed by atoms with E-state index in [1.807, 2.05) is 43.3 Å². The van der Waals surface area contributed by atoms with Crippen LogP contribution < -0.4 is 25.6 Å². The van der Waals surface area contributed by atoms with Gasteiger partial charge in [0, 0.05) is 24.7 Å². The average molecular weight is 441 g/mol. The maximum Gasteiger partial charge on any atom is 0.321 e. The van der Waals surface area contributed by atoms with E-state index in [9.17, 15) is 14.4 Å². The zero-order valence-corrected chi connectivity index (χ0v) is 18.0. The Morgan fingerprint density at radius 2 is 1.53 bits per heavy atom. The van der Waals surface area contributed by atoms with Gasteiger partial charge in [0.2, 0.25) is 5.91 Å². The van der Waals surface area contributed by atoms with Crippen LogP contribution in [0.5, 0.6) is 11.5 Å². The summed E-state index contributed by atoms with van der Waals surface area (Å²) >= 11 is 0. The molecule has 4 amide bonds. The first-order valence-corrected chi connectivity index (χ1v) is 10.6. The minimum Gasteiger partial charge on any atom is -0.490 e. The second-order valence-corrected chi connectivity index (χ2v) is 7.26. The zero-order chi connectivity index (χ0) is 22.8. The van der Waals surface area contributed by atoms with Crippen LogP contribution in [-0.4, -0.2) is 49.0 Å². The van der Waals surface area contributed by atoms with Gasteiger partial charge in [-0.05, 0) is 44.0 Å². The van der Waals surface area contributed by atoms with E-state index >= 15 is 0 Å². The van der Waals surface area contributed by atoms with Crippen LogP contribution in [0.2, 0.25) is 0 Å². The molecular weight excluding hydrogens is 412 g/mol. The maximum atomic E-state index is 12.4. The molecule has 0 aromatic heterocycles. The van der Waals surface area contributed by atoms with Crippen molar-refractivity contribution in [2.24, 2.45) is 5.92 Å². The van der Waals surface area contributed by atoms with Crippen molar-refractivity contribution in [3.63, 3.8) is 0 Å². The van der Waals surface area contributed by atoms with Gasteiger partial charge in [-0.25, -0.2) is 4.79 Å². The number of nitrogens with zero attached hydrogens (tertiary/aromatic N) is 1. The number of hydrazine groups is 1. The molecule has 0 atom stereocenters. The van der Waals surface area contributed by atoms with Crippen LogP contribution in [0.15, 0.2) is 54.6 Å². The van der Waals surface area contributed by atoms with Gasteiger partial charge in [0.25, 0.3) is 5.91 Å². The molecule has 1 saturated heterocycles. The molecule has 0 spiro atoms. The van der Waals surface area contributed by atoms with E-state index in [0.717, 1.165) is 5.69 Å². The predicted molar refractivity (Wildman–Crippen MR) is 119 cm³/mol. The summed E-state index contributed by atoms with van der Waals surface area (Å²) in [6.07, 6.45) is 1.03. The summed E-state index contributed by atoms with van der Waals surface area (Å²) in [5, 5.41) is 2.84. The summed E-state index contributed by atoms with van der Waals surface area (Å²) in [5.74, 6) is -0.0388. The minimum atomic E-state index is -0.482. The van der Waals surface area contributed by atoms with Crippen LogP contribution in [0, 0.1) is 5.92 Å². The lowest BCUT2D eigenvalue weighted by Crippen LogP contribution is -2.49. The Morgan fingerprint density at radius 3 is 2.19 bits per heavy atom. The highest BCUT2D eigenvalue weighted by molar-refractivity contribution is 5.89. The van der Waals surface area contributed by atoms with E-state index in [-0.39, 0.29) is 24.5 Å². The van der Waals surface area contributed by atoms with Crippen LogP contribution in [0.3, 0.4) is 0 Å². The van der Waals surface area contributed by atoms with E-state index in [0.29, 0.717) is 44.0 Å². The average Bonchev–Trinajstić information content (AvgIpc) is 2.83. The SMILES string of the molecule is CCOc1ccccc1OCC(=O)NNC(=O)C1CCN(C(=O)Nc2ccccc2)CC1. The van der Waals surface area contributed by atoms with Gasteiger partial charge in [-0.2, -0.15) is 0 Å². The molecule has 170 valence electrons. The van der Waals surface area contributed by atoms with E-state index in [1.54, 1.807) is 23.1 Å². The fourth-order valence-corrected chi connectivity index (χ4v) is 3.33. The number of anilines is 1. The Labute approximate surface area is 187 Å².